The third-order valence-corrected chi connectivity index (χ3v) is 3.83. The summed E-state index contributed by atoms with van der Waals surface area (Å²) < 4.78 is 0. The van der Waals surface area contributed by atoms with Crippen LogP contribution in [0.15, 0.2) is 18.2 Å². The fourth-order valence-electron chi connectivity index (χ4n) is 2.64. The Balaban J connectivity index is 2.15. The molecule has 19 heavy (non-hydrogen) atoms. The van der Waals surface area contributed by atoms with E-state index in [0.29, 0.717) is 0 Å². The van der Waals surface area contributed by atoms with Crippen LogP contribution in [-0.2, 0) is 12.8 Å². The van der Waals surface area contributed by atoms with Crippen LogP contribution >= 0.6 is 11.6 Å². The van der Waals surface area contributed by atoms with Crippen LogP contribution < -0.4 is 5.32 Å². The number of hydrogen-bond donors (Lipinski definition) is 1. The van der Waals surface area contributed by atoms with Crippen LogP contribution in [0.3, 0.4) is 0 Å². The summed E-state index contributed by atoms with van der Waals surface area (Å²) in [6.07, 6.45) is 3.29. The average Bonchev–Trinajstić information content (AvgIpc) is 2.85. The molecule has 1 aliphatic carbocycles. The molecule has 0 saturated heterocycles. The molecule has 0 aliphatic heterocycles. The van der Waals surface area contributed by atoms with E-state index in [9.17, 15) is 0 Å². The van der Waals surface area contributed by atoms with Gasteiger partial charge in [-0.1, -0.05) is 11.6 Å². The number of fused-ring (bicyclic) bond motifs is 1. The van der Waals surface area contributed by atoms with E-state index in [1.54, 1.807) is 0 Å². The molecule has 0 saturated carbocycles. The minimum Gasteiger partial charge on any atom is -0.373 e. The number of hydrogen-bond acceptors (Lipinski definition) is 3. The fraction of sp³-hybridized carbons (Fsp3) is 0.333. The lowest BCUT2D eigenvalue weighted by molar-refractivity contribution is 0.900. The quantitative estimate of drug-likeness (QED) is 0.908. The van der Waals surface area contributed by atoms with Crippen molar-refractivity contribution in [2.75, 3.05) is 12.4 Å². The van der Waals surface area contributed by atoms with E-state index in [-0.39, 0.29) is 0 Å². The molecule has 3 nitrogen and oxygen atoms in total. The molecule has 1 aromatic carbocycles. The maximum Gasteiger partial charge on any atom is 0.162 e. The van der Waals surface area contributed by atoms with Gasteiger partial charge in [-0.25, -0.2) is 9.97 Å². The fourth-order valence-corrected chi connectivity index (χ4v) is 2.86. The predicted octanol–water partition coefficient (Wildman–Crippen LogP) is 3.64. The second-order valence-corrected chi connectivity index (χ2v) is 5.32. The monoisotopic (exact) mass is 273 g/mol. The van der Waals surface area contributed by atoms with Crippen molar-refractivity contribution in [1.29, 1.82) is 0 Å². The first-order chi connectivity index (χ1) is 9.19. The second-order valence-electron chi connectivity index (χ2n) is 4.88. The van der Waals surface area contributed by atoms with Crippen LogP contribution in [0.2, 0.25) is 5.02 Å². The van der Waals surface area contributed by atoms with Gasteiger partial charge >= 0.3 is 0 Å². The minimum absolute atomic E-state index is 0.747. The third-order valence-electron chi connectivity index (χ3n) is 3.60. The molecule has 0 radical (unpaired) electrons. The molecule has 2 aromatic rings. The first-order valence-corrected chi connectivity index (χ1v) is 6.91. The van der Waals surface area contributed by atoms with E-state index in [0.717, 1.165) is 40.6 Å². The van der Waals surface area contributed by atoms with Gasteiger partial charge in [-0.2, -0.15) is 0 Å². The molecule has 0 spiro atoms. The second kappa shape index (κ2) is 4.82. The van der Waals surface area contributed by atoms with Crippen LogP contribution in [0.4, 0.5) is 5.82 Å². The van der Waals surface area contributed by atoms with Gasteiger partial charge in [0.25, 0.3) is 0 Å². The summed E-state index contributed by atoms with van der Waals surface area (Å²) in [7, 11) is 1.92. The number of halogens is 1. The molecule has 3 rings (SSSR count). The number of aromatic nitrogens is 2. The highest BCUT2D eigenvalue weighted by molar-refractivity contribution is 6.30. The normalized spacial score (nSPS) is 13.4. The van der Waals surface area contributed by atoms with E-state index in [1.807, 2.05) is 32.2 Å². The van der Waals surface area contributed by atoms with Gasteiger partial charge in [-0.05, 0) is 49.9 Å². The predicted molar refractivity (Wildman–Crippen MR) is 78.8 cm³/mol. The Kier molecular flexibility index (Phi) is 3.15. The van der Waals surface area contributed by atoms with Gasteiger partial charge in [0.1, 0.15) is 5.82 Å². The van der Waals surface area contributed by atoms with Gasteiger partial charge in [-0.15, -0.1) is 0 Å². The molecule has 4 heteroatoms. The van der Waals surface area contributed by atoms with E-state index >= 15 is 0 Å². The Bertz CT molecular complexity index is 638. The lowest BCUT2D eigenvalue weighted by Gasteiger charge is -2.11. The van der Waals surface area contributed by atoms with Crippen molar-refractivity contribution in [3.05, 3.63) is 40.0 Å². The zero-order valence-electron chi connectivity index (χ0n) is 11.1. The average molecular weight is 274 g/mol. The van der Waals surface area contributed by atoms with Crippen LogP contribution in [-0.4, -0.2) is 17.0 Å². The smallest absolute Gasteiger partial charge is 0.162 e. The highest BCUT2D eigenvalue weighted by atomic mass is 35.5. The molecule has 98 valence electrons. The van der Waals surface area contributed by atoms with E-state index in [1.165, 1.54) is 17.7 Å². The first kappa shape index (κ1) is 12.4. The van der Waals surface area contributed by atoms with E-state index in [4.69, 9.17) is 16.6 Å². The Hall–Kier alpha value is -1.61. The van der Waals surface area contributed by atoms with Crippen molar-refractivity contribution in [2.24, 2.45) is 0 Å². The Morgan fingerprint density at radius 1 is 1.21 bits per heavy atom. The van der Waals surface area contributed by atoms with E-state index in [2.05, 4.69) is 10.3 Å². The summed E-state index contributed by atoms with van der Waals surface area (Å²) in [5.74, 6) is 1.76. The van der Waals surface area contributed by atoms with Crippen molar-refractivity contribution in [3.63, 3.8) is 0 Å². The zero-order chi connectivity index (χ0) is 13.4. The van der Waals surface area contributed by atoms with Crippen LogP contribution in [0.1, 0.15) is 23.2 Å². The summed E-state index contributed by atoms with van der Waals surface area (Å²) in [6, 6.07) is 5.83. The molecule has 0 atom stereocenters. The largest absolute Gasteiger partial charge is 0.373 e. The molecule has 0 bridgehead atoms. The number of nitrogens with one attached hydrogen (secondary N) is 1. The Morgan fingerprint density at radius 2 is 2.05 bits per heavy atom. The highest BCUT2D eigenvalue weighted by Gasteiger charge is 2.19. The molecular weight excluding hydrogens is 258 g/mol. The molecule has 0 fully saturated rings. The SMILES string of the molecule is CNc1nc(-c2ccc(Cl)cc2C)nc2c1CCC2. The van der Waals surface area contributed by atoms with Crippen LogP contribution in [0, 0.1) is 6.92 Å². The summed E-state index contributed by atoms with van der Waals surface area (Å²) in [5, 5.41) is 3.94. The molecular formula is C15H16ClN3. The topological polar surface area (TPSA) is 37.8 Å². The Morgan fingerprint density at radius 3 is 2.79 bits per heavy atom. The number of rotatable bonds is 2. The summed E-state index contributed by atoms with van der Waals surface area (Å²) in [6.45, 7) is 2.04. The number of benzene rings is 1. The summed E-state index contributed by atoms with van der Waals surface area (Å²) in [4.78, 5) is 9.39. The van der Waals surface area contributed by atoms with E-state index < -0.39 is 0 Å². The van der Waals surface area contributed by atoms with Crippen molar-refractivity contribution in [2.45, 2.75) is 26.2 Å². The van der Waals surface area contributed by atoms with Crippen molar-refractivity contribution < 1.29 is 0 Å². The maximum absolute atomic E-state index is 6.00. The molecule has 0 unspecified atom stereocenters. The third kappa shape index (κ3) is 2.19. The Labute approximate surface area is 118 Å². The molecule has 1 N–H and O–H groups in total. The number of aryl methyl sites for hydroxylation is 2. The van der Waals surface area contributed by atoms with Gasteiger partial charge < -0.3 is 5.32 Å². The van der Waals surface area contributed by atoms with Crippen molar-refractivity contribution in [1.82, 2.24) is 9.97 Å². The highest BCUT2D eigenvalue weighted by Crippen LogP contribution is 2.30. The lowest BCUT2D eigenvalue weighted by atomic mass is 10.1. The standard InChI is InChI=1S/C15H16ClN3/c1-9-8-10(16)6-7-11(9)15-18-13-5-3-4-12(13)14(17-2)19-15/h6-8H,3-5H2,1-2H3,(H,17,18,19). The first-order valence-electron chi connectivity index (χ1n) is 6.53. The maximum atomic E-state index is 6.00. The molecule has 1 aromatic heterocycles. The van der Waals surface area contributed by atoms with Gasteiger partial charge in [0.2, 0.25) is 0 Å². The summed E-state index contributed by atoms with van der Waals surface area (Å²) >= 11 is 6.00. The summed E-state index contributed by atoms with van der Waals surface area (Å²) in [5.41, 5.74) is 4.62. The van der Waals surface area contributed by atoms with Crippen LogP contribution in [0.25, 0.3) is 11.4 Å². The minimum atomic E-state index is 0.747. The number of nitrogens with zero attached hydrogens (tertiary/aromatic N) is 2. The zero-order valence-corrected chi connectivity index (χ0v) is 11.9. The van der Waals surface area contributed by atoms with Gasteiger partial charge in [0, 0.05) is 28.9 Å². The molecule has 1 heterocycles. The van der Waals surface area contributed by atoms with Crippen LogP contribution in [0.5, 0.6) is 0 Å². The number of anilines is 1. The van der Waals surface area contributed by atoms with Gasteiger partial charge in [-0.3, -0.25) is 0 Å². The van der Waals surface area contributed by atoms with Gasteiger partial charge in [0.15, 0.2) is 5.82 Å². The van der Waals surface area contributed by atoms with Gasteiger partial charge in [0.05, 0.1) is 0 Å². The lowest BCUT2D eigenvalue weighted by Crippen LogP contribution is -2.04. The molecule has 1 aliphatic rings. The molecule has 0 amide bonds. The van der Waals surface area contributed by atoms with Crippen molar-refractivity contribution in [3.8, 4) is 11.4 Å². The van der Waals surface area contributed by atoms with Crippen molar-refractivity contribution >= 4 is 17.4 Å².